The molecular formula is C21H25Cl2N3O4S. The third-order valence-corrected chi connectivity index (χ3v) is 7.06. The van der Waals surface area contributed by atoms with Gasteiger partial charge in [0.1, 0.15) is 6.54 Å². The summed E-state index contributed by atoms with van der Waals surface area (Å²) in [5.74, 6) is -0.405. The predicted octanol–water partition coefficient (Wildman–Crippen LogP) is 3.03. The van der Waals surface area contributed by atoms with Gasteiger partial charge in [0.15, 0.2) is 0 Å². The smallest absolute Gasteiger partial charge is 0.264 e. The lowest BCUT2D eigenvalue weighted by atomic mass is 10.3. The SMILES string of the molecule is O=C(CN(c1cc(Cl)cc(Cl)c1)S(=O)(=O)c1ccccc1)NCCCN1CCOCC1. The lowest BCUT2D eigenvalue weighted by Gasteiger charge is -2.26. The van der Waals surface area contributed by atoms with E-state index >= 15 is 0 Å². The molecular weight excluding hydrogens is 461 g/mol. The molecule has 1 aliphatic rings. The van der Waals surface area contributed by atoms with Crippen LogP contribution in [0.1, 0.15) is 6.42 Å². The van der Waals surface area contributed by atoms with Crippen LogP contribution in [0, 0.1) is 0 Å². The number of ether oxygens (including phenoxy) is 1. The number of anilines is 1. The summed E-state index contributed by atoms with van der Waals surface area (Å²) < 4.78 is 32.9. The number of rotatable bonds is 9. The van der Waals surface area contributed by atoms with E-state index in [0.717, 1.165) is 43.6 Å². The number of benzene rings is 2. The molecule has 1 aliphatic heterocycles. The Morgan fingerprint density at radius 3 is 2.35 bits per heavy atom. The fourth-order valence-corrected chi connectivity index (χ4v) is 5.20. The van der Waals surface area contributed by atoms with Crippen LogP contribution >= 0.6 is 23.2 Å². The van der Waals surface area contributed by atoms with Gasteiger partial charge in [-0.1, -0.05) is 41.4 Å². The average molecular weight is 486 g/mol. The molecule has 3 rings (SSSR count). The number of nitrogens with zero attached hydrogens (tertiary/aromatic N) is 2. The zero-order valence-electron chi connectivity index (χ0n) is 17.0. The van der Waals surface area contributed by atoms with E-state index in [0.29, 0.717) is 6.54 Å². The normalized spacial score (nSPS) is 14.9. The molecule has 0 saturated carbocycles. The van der Waals surface area contributed by atoms with Gasteiger partial charge in [0.25, 0.3) is 10.0 Å². The highest BCUT2D eigenvalue weighted by molar-refractivity contribution is 7.92. The Morgan fingerprint density at radius 1 is 1.06 bits per heavy atom. The maximum Gasteiger partial charge on any atom is 0.264 e. The minimum absolute atomic E-state index is 0.0752. The Morgan fingerprint density at radius 2 is 1.71 bits per heavy atom. The molecule has 0 atom stereocenters. The van der Waals surface area contributed by atoms with Crippen LogP contribution in [-0.4, -0.2) is 65.2 Å². The van der Waals surface area contributed by atoms with Crippen LogP contribution in [0.3, 0.4) is 0 Å². The van der Waals surface area contributed by atoms with E-state index in [1.807, 2.05) is 0 Å². The number of carbonyl (C=O) groups excluding carboxylic acids is 1. The number of nitrogens with one attached hydrogen (secondary N) is 1. The summed E-state index contributed by atoms with van der Waals surface area (Å²) in [4.78, 5) is 15.0. The van der Waals surface area contributed by atoms with E-state index in [9.17, 15) is 13.2 Å². The van der Waals surface area contributed by atoms with Gasteiger partial charge in [-0.3, -0.25) is 14.0 Å². The van der Waals surface area contributed by atoms with Gasteiger partial charge in [-0.2, -0.15) is 0 Å². The molecule has 0 aliphatic carbocycles. The lowest BCUT2D eigenvalue weighted by molar-refractivity contribution is -0.119. The fourth-order valence-electron chi connectivity index (χ4n) is 3.26. The molecule has 2 aromatic rings. The van der Waals surface area contributed by atoms with Crippen molar-refractivity contribution in [1.29, 1.82) is 0 Å². The maximum absolute atomic E-state index is 13.3. The second-order valence-electron chi connectivity index (χ2n) is 7.11. The van der Waals surface area contributed by atoms with Gasteiger partial charge in [0.2, 0.25) is 5.91 Å². The predicted molar refractivity (Wildman–Crippen MR) is 122 cm³/mol. The third-order valence-electron chi connectivity index (χ3n) is 4.83. The first-order valence-electron chi connectivity index (χ1n) is 9.97. The van der Waals surface area contributed by atoms with Crippen LogP contribution in [0.5, 0.6) is 0 Å². The maximum atomic E-state index is 13.3. The van der Waals surface area contributed by atoms with Crippen molar-refractivity contribution in [1.82, 2.24) is 10.2 Å². The highest BCUT2D eigenvalue weighted by atomic mass is 35.5. The van der Waals surface area contributed by atoms with Crippen molar-refractivity contribution in [2.24, 2.45) is 0 Å². The molecule has 0 bridgehead atoms. The Balaban J connectivity index is 1.70. The minimum Gasteiger partial charge on any atom is -0.379 e. The number of carbonyl (C=O) groups is 1. The van der Waals surface area contributed by atoms with E-state index < -0.39 is 15.9 Å². The van der Waals surface area contributed by atoms with Gasteiger partial charge in [-0.15, -0.1) is 0 Å². The van der Waals surface area contributed by atoms with Gasteiger partial charge < -0.3 is 10.1 Å². The standard InChI is InChI=1S/C21H25Cl2N3O4S/c22-17-13-18(23)15-19(14-17)26(31(28,29)20-5-2-1-3-6-20)16-21(27)24-7-4-8-25-9-11-30-12-10-25/h1-3,5-6,13-15H,4,7-12,16H2,(H,24,27). The van der Waals surface area contributed by atoms with E-state index in [2.05, 4.69) is 10.2 Å². The quantitative estimate of drug-likeness (QED) is 0.552. The van der Waals surface area contributed by atoms with Crippen molar-refractivity contribution < 1.29 is 17.9 Å². The number of halogens is 2. The van der Waals surface area contributed by atoms with E-state index in [4.69, 9.17) is 27.9 Å². The van der Waals surface area contributed by atoms with Gasteiger partial charge >= 0.3 is 0 Å². The minimum atomic E-state index is -4.00. The molecule has 31 heavy (non-hydrogen) atoms. The Kier molecular flexibility index (Phi) is 8.57. The van der Waals surface area contributed by atoms with Crippen molar-refractivity contribution in [3.05, 3.63) is 58.6 Å². The second-order valence-corrected chi connectivity index (χ2v) is 9.85. The lowest BCUT2D eigenvalue weighted by Crippen LogP contribution is -2.42. The topological polar surface area (TPSA) is 79.0 Å². The molecule has 10 heteroatoms. The summed E-state index contributed by atoms with van der Waals surface area (Å²) in [7, 11) is -4.00. The summed E-state index contributed by atoms with van der Waals surface area (Å²) in [6.07, 6.45) is 0.764. The number of morpholine rings is 1. The number of hydrogen-bond acceptors (Lipinski definition) is 5. The van der Waals surface area contributed by atoms with Crippen molar-refractivity contribution >= 4 is 44.8 Å². The van der Waals surface area contributed by atoms with Gasteiger partial charge in [0, 0.05) is 29.7 Å². The first-order valence-corrected chi connectivity index (χ1v) is 12.2. The zero-order chi connectivity index (χ0) is 22.3. The molecule has 0 spiro atoms. The molecule has 7 nitrogen and oxygen atoms in total. The van der Waals surface area contributed by atoms with Gasteiger partial charge in [-0.25, -0.2) is 8.42 Å². The molecule has 0 radical (unpaired) electrons. The first-order chi connectivity index (χ1) is 14.9. The van der Waals surface area contributed by atoms with Crippen molar-refractivity contribution in [2.45, 2.75) is 11.3 Å². The summed E-state index contributed by atoms with van der Waals surface area (Å²) in [5.41, 5.74) is 0.227. The Labute approximate surface area is 192 Å². The van der Waals surface area contributed by atoms with Gasteiger partial charge in [-0.05, 0) is 43.3 Å². The highest BCUT2D eigenvalue weighted by Crippen LogP contribution is 2.29. The molecule has 1 heterocycles. The average Bonchev–Trinajstić information content (AvgIpc) is 2.75. The molecule has 0 unspecified atom stereocenters. The largest absolute Gasteiger partial charge is 0.379 e. The van der Waals surface area contributed by atoms with Gasteiger partial charge in [0.05, 0.1) is 23.8 Å². The van der Waals surface area contributed by atoms with Crippen LogP contribution < -0.4 is 9.62 Å². The Hall–Kier alpha value is -1.84. The molecule has 1 N–H and O–H groups in total. The third kappa shape index (κ3) is 6.82. The van der Waals surface area contributed by atoms with E-state index in [1.165, 1.54) is 30.3 Å². The second kappa shape index (κ2) is 11.2. The number of sulfonamides is 1. The van der Waals surface area contributed by atoms with Crippen LogP contribution in [-0.2, 0) is 19.6 Å². The van der Waals surface area contributed by atoms with Crippen molar-refractivity contribution in [2.75, 3.05) is 50.2 Å². The van der Waals surface area contributed by atoms with Crippen molar-refractivity contribution in [3.8, 4) is 0 Å². The molecule has 1 saturated heterocycles. The molecule has 1 amide bonds. The fraction of sp³-hybridized carbons (Fsp3) is 0.381. The Bertz CT molecular complexity index is 963. The molecule has 0 aromatic heterocycles. The van der Waals surface area contributed by atoms with Crippen LogP contribution in [0.15, 0.2) is 53.4 Å². The molecule has 2 aromatic carbocycles. The summed E-state index contributed by atoms with van der Waals surface area (Å²) in [6.45, 7) is 4.12. The van der Waals surface area contributed by atoms with Crippen LogP contribution in [0.2, 0.25) is 10.0 Å². The highest BCUT2D eigenvalue weighted by Gasteiger charge is 2.27. The number of hydrogen-bond donors (Lipinski definition) is 1. The number of amides is 1. The summed E-state index contributed by atoms with van der Waals surface area (Å²) in [5, 5.41) is 3.36. The first kappa shape index (κ1) is 23.8. The van der Waals surface area contributed by atoms with E-state index in [1.54, 1.807) is 18.2 Å². The summed E-state index contributed by atoms with van der Waals surface area (Å²) >= 11 is 12.2. The van der Waals surface area contributed by atoms with E-state index in [-0.39, 0.29) is 27.2 Å². The van der Waals surface area contributed by atoms with Crippen LogP contribution in [0.25, 0.3) is 0 Å². The monoisotopic (exact) mass is 485 g/mol. The zero-order valence-corrected chi connectivity index (χ0v) is 19.3. The molecule has 168 valence electrons. The molecule has 1 fully saturated rings. The van der Waals surface area contributed by atoms with Crippen molar-refractivity contribution in [3.63, 3.8) is 0 Å². The van der Waals surface area contributed by atoms with Crippen LogP contribution in [0.4, 0.5) is 5.69 Å². The summed E-state index contributed by atoms with van der Waals surface area (Å²) in [6, 6.07) is 12.4.